The van der Waals surface area contributed by atoms with Crippen LogP contribution in [0.5, 0.6) is 0 Å². The lowest BCUT2D eigenvalue weighted by Crippen LogP contribution is -2.08. The van der Waals surface area contributed by atoms with E-state index in [9.17, 15) is 9.59 Å². The average molecular weight is 272 g/mol. The zero-order chi connectivity index (χ0) is 15.3. The standard InChI is InChI=1S/C16H16O4/c1-10(2)8-11(3)4-5-12-6-7-13(15(17)18)14(9-12)16(19)20/h6-10H,1-3H3,(H,17,18)(H,19,20)/b11-8+. The summed E-state index contributed by atoms with van der Waals surface area (Å²) in [6, 6.07) is 4.05. The second-order valence-electron chi connectivity index (χ2n) is 4.71. The summed E-state index contributed by atoms with van der Waals surface area (Å²) in [4.78, 5) is 22.0. The average Bonchev–Trinajstić information content (AvgIpc) is 2.35. The Morgan fingerprint density at radius 1 is 1.15 bits per heavy atom. The van der Waals surface area contributed by atoms with Crippen molar-refractivity contribution in [2.45, 2.75) is 20.8 Å². The predicted octanol–water partition coefficient (Wildman–Crippen LogP) is 3.04. The molecule has 0 aliphatic carbocycles. The fourth-order valence-electron chi connectivity index (χ4n) is 1.70. The minimum atomic E-state index is -1.28. The monoisotopic (exact) mass is 272 g/mol. The number of allylic oxidation sites excluding steroid dienone is 2. The highest BCUT2D eigenvalue weighted by Crippen LogP contribution is 2.12. The Labute approximate surface area is 117 Å². The number of benzene rings is 1. The van der Waals surface area contributed by atoms with Crippen molar-refractivity contribution in [2.24, 2.45) is 5.92 Å². The maximum Gasteiger partial charge on any atom is 0.336 e. The van der Waals surface area contributed by atoms with Crippen molar-refractivity contribution in [1.82, 2.24) is 0 Å². The van der Waals surface area contributed by atoms with E-state index in [0.29, 0.717) is 11.5 Å². The molecule has 0 bridgehead atoms. The third-order valence-electron chi connectivity index (χ3n) is 2.47. The number of carbonyl (C=O) groups is 2. The zero-order valence-corrected chi connectivity index (χ0v) is 11.6. The highest BCUT2D eigenvalue weighted by molar-refractivity contribution is 6.01. The van der Waals surface area contributed by atoms with Crippen LogP contribution in [0.25, 0.3) is 0 Å². The second-order valence-corrected chi connectivity index (χ2v) is 4.71. The molecule has 0 aromatic heterocycles. The van der Waals surface area contributed by atoms with Crippen molar-refractivity contribution in [1.29, 1.82) is 0 Å². The van der Waals surface area contributed by atoms with Gasteiger partial charge in [0.2, 0.25) is 0 Å². The SMILES string of the molecule is C/C(C#Cc1ccc(C(=O)O)c(C(=O)O)c1)=C\C(C)C. The van der Waals surface area contributed by atoms with E-state index in [2.05, 4.69) is 11.8 Å². The summed E-state index contributed by atoms with van der Waals surface area (Å²) in [7, 11) is 0. The normalized spacial score (nSPS) is 10.9. The molecule has 0 amide bonds. The van der Waals surface area contributed by atoms with Gasteiger partial charge < -0.3 is 10.2 Å². The number of hydrogen-bond donors (Lipinski definition) is 2. The third kappa shape index (κ3) is 4.29. The topological polar surface area (TPSA) is 74.6 Å². The molecule has 0 unspecified atom stereocenters. The Bertz CT molecular complexity index is 628. The Morgan fingerprint density at radius 2 is 1.75 bits per heavy atom. The van der Waals surface area contributed by atoms with Gasteiger partial charge in [-0.05, 0) is 36.6 Å². The fourth-order valence-corrected chi connectivity index (χ4v) is 1.70. The number of hydrogen-bond acceptors (Lipinski definition) is 2. The molecule has 0 fully saturated rings. The highest BCUT2D eigenvalue weighted by atomic mass is 16.4. The molecule has 2 N–H and O–H groups in total. The van der Waals surface area contributed by atoms with Gasteiger partial charge in [-0.3, -0.25) is 0 Å². The minimum absolute atomic E-state index is 0.238. The van der Waals surface area contributed by atoms with Gasteiger partial charge >= 0.3 is 11.9 Å². The summed E-state index contributed by atoms with van der Waals surface area (Å²) in [5.74, 6) is 3.59. The van der Waals surface area contributed by atoms with Gasteiger partial charge in [0.25, 0.3) is 0 Å². The first-order valence-corrected chi connectivity index (χ1v) is 6.12. The molecular weight excluding hydrogens is 256 g/mol. The van der Waals surface area contributed by atoms with Gasteiger partial charge in [0, 0.05) is 5.56 Å². The molecule has 20 heavy (non-hydrogen) atoms. The molecule has 0 saturated carbocycles. The first kappa shape index (κ1) is 15.5. The van der Waals surface area contributed by atoms with Gasteiger partial charge in [-0.15, -0.1) is 0 Å². The van der Waals surface area contributed by atoms with Gasteiger partial charge in [0.1, 0.15) is 0 Å². The lowest BCUT2D eigenvalue weighted by atomic mass is 10.0. The van der Waals surface area contributed by atoms with E-state index in [1.54, 1.807) is 0 Å². The van der Waals surface area contributed by atoms with E-state index < -0.39 is 11.9 Å². The molecule has 0 radical (unpaired) electrons. The maximum atomic E-state index is 11.0. The van der Waals surface area contributed by atoms with E-state index in [1.165, 1.54) is 18.2 Å². The third-order valence-corrected chi connectivity index (χ3v) is 2.47. The molecule has 0 aliphatic heterocycles. The molecule has 1 aromatic rings. The summed E-state index contributed by atoms with van der Waals surface area (Å²) >= 11 is 0. The van der Waals surface area contributed by atoms with E-state index >= 15 is 0 Å². The van der Waals surface area contributed by atoms with Gasteiger partial charge in [0.05, 0.1) is 11.1 Å². The summed E-state index contributed by atoms with van der Waals surface area (Å²) in [6.07, 6.45) is 2.00. The highest BCUT2D eigenvalue weighted by Gasteiger charge is 2.15. The van der Waals surface area contributed by atoms with Crippen LogP contribution in [-0.2, 0) is 0 Å². The molecular formula is C16H16O4. The smallest absolute Gasteiger partial charge is 0.336 e. The van der Waals surface area contributed by atoms with Gasteiger partial charge in [0.15, 0.2) is 0 Å². The molecule has 4 heteroatoms. The molecule has 0 spiro atoms. The lowest BCUT2D eigenvalue weighted by molar-refractivity contribution is 0.0651. The van der Waals surface area contributed by atoms with Crippen molar-refractivity contribution in [3.63, 3.8) is 0 Å². The van der Waals surface area contributed by atoms with E-state index in [-0.39, 0.29) is 11.1 Å². The van der Waals surface area contributed by atoms with Gasteiger partial charge in [-0.2, -0.15) is 0 Å². The Kier molecular flexibility index (Phi) is 5.10. The van der Waals surface area contributed by atoms with E-state index in [4.69, 9.17) is 10.2 Å². The Morgan fingerprint density at radius 3 is 2.25 bits per heavy atom. The largest absolute Gasteiger partial charge is 0.478 e. The van der Waals surface area contributed by atoms with Crippen molar-refractivity contribution in [2.75, 3.05) is 0 Å². The second kappa shape index (κ2) is 6.58. The Balaban J connectivity index is 3.18. The van der Waals surface area contributed by atoms with Crippen LogP contribution >= 0.6 is 0 Å². The molecule has 1 aromatic carbocycles. The molecule has 0 atom stereocenters. The number of carboxylic acid groups (broad SMARTS) is 2. The Hall–Kier alpha value is -2.54. The number of rotatable bonds is 3. The van der Waals surface area contributed by atoms with Crippen molar-refractivity contribution >= 4 is 11.9 Å². The van der Waals surface area contributed by atoms with Crippen LogP contribution < -0.4 is 0 Å². The van der Waals surface area contributed by atoms with Crippen LogP contribution in [0.4, 0.5) is 0 Å². The summed E-state index contributed by atoms with van der Waals surface area (Å²) < 4.78 is 0. The first-order chi connectivity index (χ1) is 9.31. The van der Waals surface area contributed by atoms with Crippen LogP contribution in [-0.4, -0.2) is 22.2 Å². The van der Waals surface area contributed by atoms with Crippen LogP contribution in [0.3, 0.4) is 0 Å². The summed E-state index contributed by atoms with van der Waals surface area (Å²) in [6.45, 7) is 5.95. The van der Waals surface area contributed by atoms with Crippen LogP contribution in [0.1, 0.15) is 47.1 Å². The van der Waals surface area contributed by atoms with E-state index in [0.717, 1.165) is 5.57 Å². The first-order valence-electron chi connectivity index (χ1n) is 6.12. The maximum absolute atomic E-state index is 11.0. The summed E-state index contributed by atoms with van der Waals surface area (Å²) in [5, 5.41) is 17.9. The van der Waals surface area contributed by atoms with Crippen molar-refractivity contribution in [3.05, 3.63) is 46.5 Å². The minimum Gasteiger partial charge on any atom is -0.478 e. The molecule has 4 nitrogen and oxygen atoms in total. The fraction of sp³-hybridized carbons (Fsp3) is 0.250. The number of aromatic carboxylic acids is 2. The number of carboxylic acids is 2. The molecule has 0 saturated heterocycles. The van der Waals surface area contributed by atoms with Crippen molar-refractivity contribution < 1.29 is 19.8 Å². The molecule has 1 rings (SSSR count). The predicted molar refractivity (Wildman–Crippen MR) is 75.8 cm³/mol. The van der Waals surface area contributed by atoms with E-state index in [1.807, 2.05) is 26.8 Å². The molecule has 0 heterocycles. The van der Waals surface area contributed by atoms with Crippen molar-refractivity contribution in [3.8, 4) is 11.8 Å². The zero-order valence-electron chi connectivity index (χ0n) is 11.6. The van der Waals surface area contributed by atoms with Gasteiger partial charge in [-0.25, -0.2) is 9.59 Å². The quantitative estimate of drug-likeness (QED) is 0.829. The molecule has 104 valence electrons. The van der Waals surface area contributed by atoms with Crippen LogP contribution in [0.2, 0.25) is 0 Å². The summed E-state index contributed by atoms with van der Waals surface area (Å²) in [5.41, 5.74) is 0.871. The molecule has 0 aliphatic rings. The van der Waals surface area contributed by atoms with Crippen LogP contribution in [0.15, 0.2) is 29.8 Å². The van der Waals surface area contributed by atoms with Crippen LogP contribution in [0, 0.1) is 17.8 Å². The lowest BCUT2D eigenvalue weighted by Gasteiger charge is -2.01. The van der Waals surface area contributed by atoms with Gasteiger partial charge in [-0.1, -0.05) is 31.8 Å².